The Morgan fingerprint density at radius 1 is 1.19 bits per heavy atom. The fourth-order valence-electron chi connectivity index (χ4n) is 2.37. The molecule has 0 aliphatic heterocycles. The number of ether oxygens (including phenoxy) is 1. The number of carbonyl (C=O) groups is 1. The quantitative estimate of drug-likeness (QED) is 0.226. The number of nitrogens with zero attached hydrogens (tertiary/aromatic N) is 1. The second-order valence-corrected chi connectivity index (χ2v) is 7.17. The van der Waals surface area contributed by atoms with Gasteiger partial charge in [0.15, 0.2) is 0 Å². The molecule has 6 heteroatoms. The van der Waals surface area contributed by atoms with Crippen molar-refractivity contribution >= 4 is 57.9 Å². The molecule has 0 fully saturated rings. The van der Waals surface area contributed by atoms with Crippen molar-refractivity contribution in [3.8, 4) is 0 Å². The number of thioether (sulfide) groups is 1. The number of pyridine rings is 1. The van der Waals surface area contributed by atoms with Crippen LogP contribution in [-0.2, 0) is 16.1 Å². The van der Waals surface area contributed by atoms with Crippen LogP contribution >= 0.6 is 35.0 Å². The van der Waals surface area contributed by atoms with Crippen LogP contribution in [0.25, 0.3) is 17.0 Å². The predicted molar refractivity (Wildman–Crippen MR) is 109 cm³/mol. The van der Waals surface area contributed by atoms with Gasteiger partial charge >= 0.3 is 5.97 Å². The highest BCUT2D eigenvalue weighted by molar-refractivity contribution is 7.98. The van der Waals surface area contributed by atoms with Gasteiger partial charge in [-0.1, -0.05) is 41.4 Å². The Morgan fingerprint density at radius 3 is 2.81 bits per heavy atom. The van der Waals surface area contributed by atoms with Crippen LogP contribution in [0, 0.1) is 0 Å². The Hall–Kier alpha value is -2.01. The lowest BCUT2D eigenvalue weighted by Gasteiger charge is -2.07. The smallest absolute Gasteiger partial charge is 0.331 e. The Kier molecular flexibility index (Phi) is 6.20. The van der Waals surface area contributed by atoms with E-state index in [4.69, 9.17) is 27.9 Å². The standard InChI is InChI=1S/C20H15Cl2NO2S/c1-26-17-7-6-14-10-15(20(22)23-18(14)11-17)12-25-19(24)8-5-13-3-2-4-16(21)9-13/h2-11H,12H2,1H3/b8-5+. The summed E-state index contributed by atoms with van der Waals surface area (Å²) in [6, 6.07) is 15.1. The lowest BCUT2D eigenvalue weighted by atomic mass is 10.1. The number of aromatic nitrogens is 1. The van der Waals surface area contributed by atoms with Crippen molar-refractivity contribution < 1.29 is 9.53 Å². The van der Waals surface area contributed by atoms with E-state index in [9.17, 15) is 4.79 Å². The van der Waals surface area contributed by atoms with Crippen LogP contribution in [-0.4, -0.2) is 17.2 Å². The molecule has 0 saturated heterocycles. The van der Waals surface area contributed by atoms with E-state index in [-0.39, 0.29) is 6.61 Å². The maximum atomic E-state index is 11.9. The number of halogens is 2. The van der Waals surface area contributed by atoms with E-state index in [1.807, 2.05) is 42.7 Å². The zero-order chi connectivity index (χ0) is 18.5. The minimum Gasteiger partial charge on any atom is -0.458 e. The van der Waals surface area contributed by atoms with Crippen molar-refractivity contribution in [1.29, 1.82) is 0 Å². The summed E-state index contributed by atoms with van der Waals surface area (Å²) in [6.07, 6.45) is 5.02. The van der Waals surface area contributed by atoms with Gasteiger partial charge in [0, 0.05) is 26.9 Å². The average Bonchev–Trinajstić information content (AvgIpc) is 2.64. The van der Waals surface area contributed by atoms with E-state index >= 15 is 0 Å². The van der Waals surface area contributed by atoms with E-state index < -0.39 is 5.97 Å². The summed E-state index contributed by atoms with van der Waals surface area (Å²) in [4.78, 5) is 17.4. The summed E-state index contributed by atoms with van der Waals surface area (Å²) in [7, 11) is 0. The number of benzene rings is 2. The Morgan fingerprint density at radius 2 is 2.04 bits per heavy atom. The van der Waals surface area contributed by atoms with Crippen LogP contribution in [0.4, 0.5) is 0 Å². The van der Waals surface area contributed by atoms with Gasteiger partial charge in [0.2, 0.25) is 0 Å². The first-order chi connectivity index (χ1) is 12.5. The third-order valence-electron chi connectivity index (χ3n) is 3.68. The molecule has 3 nitrogen and oxygen atoms in total. The van der Waals surface area contributed by atoms with Crippen LogP contribution in [0.15, 0.2) is 59.5 Å². The highest BCUT2D eigenvalue weighted by atomic mass is 35.5. The fraction of sp³-hybridized carbons (Fsp3) is 0.100. The van der Waals surface area contributed by atoms with Crippen LogP contribution in [0.1, 0.15) is 11.1 Å². The monoisotopic (exact) mass is 403 g/mol. The van der Waals surface area contributed by atoms with E-state index in [2.05, 4.69) is 4.98 Å². The summed E-state index contributed by atoms with van der Waals surface area (Å²) in [5, 5.41) is 1.90. The molecule has 0 atom stereocenters. The first kappa shape index (κ1) is 18.8. The molecule has 1 heterocycles. The van der Waals surface area contributed by atoms with Crippen molar-refractivity contribution in [3.05, 3.63) is 75.9 Å². The second kappa shape index (κ2) is 8.58. The molecule has 0 spiro atoms. The molecular formula is C20H15Cl2NO2S. The summed E-state index contributed by atoms with van der Waals surface area (Å²) in [5.41, 5.74) is 2.31. The topological polar surface area (TPSA) is 39.2 Å². The molecule has 0 amide bonds. The molecule has 3 rings (SSSR count). The Balaban J connectivity index is 1.68. The first-order valence-electron chi connectivity index (χ1n) is 7.79. The molecule has 0 aliphatic carbocycles. The van der Waals surface area contributed by atoms with Crippen LogP contribution in [0.3, 0.4) is 0 Å². The van der Waals surface area contributed by atoms with Gasteiger partial charge in [0.25, 0.3) is 0 Å². The molecule has 0 aliphatic rings. The number of rotatable bonds is 5. The SMILES string of the molecule is CSc1ccc2cc(COC(=O)/C=C/c3cccc(Cl)c3)c(Cl)nc2c1. The predicted octanol–water partition coefficient (Wildman–Crippen LogP) is 6.02. The maximum Gasteiger partial charge on any atom is 0.331 e. The van der Waals surface area contributed by atoms with Crippen molar-refractivity contribution in [2.75, 3.05) is 6.26 Å². The fourth-order valence-corrected chi connectivity index (χ4v) is 3.20. The van der Waals surface area contributed by atoms with Crippen molar-refractivity contribution in [2.45, 2.75) is 11.5 Å². The van der Waals surface area contributed by atoms with Gasteiger partial charge in [0.1, 0.15) is 11.8 Å². The summed E-state index contributed by atoms with van der Waals surface area (Å²) in [5.74, 6) is -0.459. The minimum atomic E-state index is -0.459. The van der Waals surface area contributed by atoms with Crippen molar-refractivity contribution in [1.82, 2.24) is 4.98 Å². The van der Waals surface area contributed by atoms with Gasteiger partial charge in [0.05, 0.1) is 5.52 Å². The van der Waals surface area contributed by atoms with Gasteiger partial charge < -0.3 is 4.74 Å². The van der Waals surface area contributed by atoms with Gasteiger partial charge in [-0.3, -0.25) is 0 Å². The maximum absolute atomic E-state index is 11.9. The normalized spacial score (nSPS) is 11.2. The van der Waals surface area contributed by atoms with Crippen LogP contribution in [0.2, 0.25) is 10.2 Å². The third kappa shape index (κ3) is 4.79. The van der Waals surface area contributed by atoms with Crippen LogP contribution in [0.5, 0.6) is 0 Å². The minimum absolute atomic E-state index is 0.0603. The number of esters is 1. The molecule has 2 aromatic carbocycles. The molecule has 1 aromatic heterocycles. The highest BCUT2D eigenvalue weighted by Crippen LogP contribution is 2.25. The zero-order valence-corrected chi connectivity index (χ0v) is 16.2. The Bertz CT molecular complexity index is 989. The lowest BCUT2D eigenvalue weighted by molar-refractivity contribution is -0.138. The van der Waals surface area contributed by atoms with Crippen molar-refractivity contribution in [2.24, 2.45) is 0 Å². The molecule has 0 unspecified atom stereocenters. The van der Waals surface area contributed by atoms with E-state index in [0.717, 1.165) is 21.4 Å². The van der Waals surface area contributed by atoms with Gasteiger partial charge in [-0.05, 0) is 48.2 Å². The van der Waals surface area contributed by atoms with Crippen LogP contribution < -0.4 is 0 Å². The molecule has 3 aromatic rings. The van der Waals surface area contributed by atoms with E-state index in [0.29, 0.717) is 15.7 Å². The third-order valence-corrected chi connectivity index (χ3v) is 4.97. The van der Waals surface area contributed by atoms with Crippen molar-refractivity contribution in [3.63, 3.8) is 0 Å². The summed E-state index contributed by atoms with van der Waals surface area (Å²) >= 11 is 13.8. The number of hydrogen-bond acceptors (Lipinski definition) is 4. The molecule has 0 saturated carbocycles. The Labute approximate surface area is 166 Å². The average molecular weight is 404 g/mol. The molecular weight excluding hydrogens is 389 g/mol. The van der Waals surface area contributed by atoms with Gasteiger partial charge in [-0.25, -0.2) is 9.78 Å². The molecule has 0 N–H and O–H groups in total. The molecule has 0 radical (unpaired) electrons. The lowest BCUT2D eigenvalue weighted by Crippen LogP contribution is -2.02. The molecule has 132 valence electrons. The number of carbonyl (C=O) groups excluding carboxylic acids is 1. The van der Waals surface area contributed by atoms with Gasteiger partial charge in [-0.15, -0.1) is 11.8 Å². The zero-order valence-electron chi connectivity index (χ0n) is 13.9. The summed E-state index contributed by atoms with van der Waals surface area (Å²) in [6.45, 7) is 0.0603. The van der Waals surface area contributed by atoms with E-state index in [1.165, 1.54) is 6.08 Å². The highest BCUT2D eigenvalue weighted by Gasteiger charge is 2.08. The van der Waals surface area contributed by atoms with E-state index in [1.54, 1.807) is 30.0 Å². The summed E-state index contributed by atoms with van der Waals surface area (Å²) < 4.78 is 5.27. The largest absolute Gasteiger partial charge is 0.458 e. The second-order valence-electron chi connectivity index (χ2n) is 5.49. The molecule has 0 bridgehead atoms. The van der Waals surface area contributed by atoms with Gasteiger partial charge in [-0.2, -0.15) is 0 Å². The first-order valence-corrected chi connectivity index (χ1v) is 9.77. The molecule has 26 heavy (non-hydrogen) atoms. The number of fused-ring (bicyclic) bond motifs is 1. The number of hydrogen-bond donors (Lipinski definition) is 0.